The van der Waals surface area contributed by atoms with E-state index in [0.717, 1.165) is 29.4 Å². The zero-order chi connectivity index (χ0) is 15.2. The van der Waals surface area contributed by atoms with E-state index in [2.05, 4.69) is 40.1 Å². The highest BCUT2D eigenvalue weighted by Gasteiger charge is 2.11. The van der Waals surface area contributed by atoms with Crippen LogP contribution in [0, 0.1) is 0 Å². The van der Waals surface area contributed by atoms with Crippen LogP contribution in [0.4, 0.5) is 5.82 Å². The van der Waals surface area contributed by atoms with Gasteiger partial charge in [-0.25, -0.2) is 0 Å². The molecule has 3 rings (SSSR count). The highest BCUT2D eigenvalue weighted by Crippen LogP contribution is 2.27. The van der Waals surface area contributed by atoms with Crippen molar-refractivity contribution in [3.8, 4) is 0 Å². The molecular formula is C18H24N4. The van der Waals surface area contributed by atoms with E-state index in [1.54, 1.807) is 11.8 Å². The Morgan fingerprint density at radius 2 is 1.95 bits per heavy atom. The number of hydrogen-bond donors (Lipinski definition) is 2. The molecule has 0 aliphatic heterocycles. The molecule has 0 amide bonds. The second-order valence-corrected chi connectivity index (χ2v) is 5.92. The van der Waals surface area contributed by atoms with Crippen molar-refractivity contribution in [3.63, 3.8) is 0 Å². The Bertz CT molecular complexity index is 650. The number of aromatic nitrogens is 2. The number of anilines is 1. The molecule has 1 fully saturated rings. The van der Waals surface area contributed by atoms with Crippen molar-refractivity contribution in [2.24, 2.45) is 0 Å². The molecular weight excluding hydrogens is 272 g/mol. The Kier molecular flexibility index (Phi) is 4.88. The van der Waals surface area contributed by atoms with Crippen molar-refractivity contribution >= 4 is 16.6 Å². The first-order chi connectivity index (χ1) is 10.9. The summed E-state index contributed by atoms with van der Waals surface area (Å²) in [5.74, 6) is 0.795. The maximum atomic E-state index is 4.24. The van der Waals surface area contributed by atoms with E-state index in [1.807, 2.05) is 12.1 Å². The number of rotatable bonds is 5. The summed E-state index contributed by atoms with van der Waals surface area (Å²) >= 11 is 0. The third-order valence-corrected chi connectivity index (χ3v) is 4.29. The SMILES string of the molecule is CCCC(NNc1nncc2ccccc12)=C1CCCCC1. The van der Waals surface area contributed by atoms with Crippen molar-refractivity contribution < 1.29 is 0 Å². The number of nitrogens with zero attached hydrogens (tertiary/aromatic N) is 2. The largest absolute Gasteiger partial charge is 0.304 e. The van der Waals surface area contributed by atoms with E-state index in [1.165, 1.54) is 37.8 Å². The lowest BCUT2D eigenvalue weighted by atomic mass is 9.92. The molecule has 1 aromatic carbocycles. The van der Waals surface area contributed by atoms with Crippen molar-refractivity contribution in [3.05, 3.63) is 41.7 Å². The molecule has 0 atom stereocenters. The van der Waals surface area contributed by atoms with Crippen LogP contribution in [0.1, 0.15) is 51.9 Å². The van der Waals surface area contributed by atoms with Gasteiger partial charge in [-0.3, -0.25) is 5.43 Å². The van der Waals surface area contributed by atoms with Crippen molar-refractivity contribution in [2.45, 2.75) is 51.9 Å². The first-order valence-corrected chi connectivity index (χ1v) is 8.32. The fourth-order valence-corrected chi connectivity index (χ4v) is 3.11. The maximum Gasteiger partial charge on any atom is 0.174 e. The summed E-state index contributed by atoms with van der Waals surface area (Å²) in [5.41, 5.74) is 9.64. The minimum Gasteiger partial charge on any atom is -0.304 e. The van der Waals surface area contributed by atoms with Crippen LogP contribution in [-0.4, -0.2) is 10.2 Å². The molecule has 4 heteroatoms. The highest BCUT2D eigenvalue weighted by molar-refractivity contribution is 5.90. The number of benzene rings is 1. The van der Waals surface area contributed by atoms with Crippen LogP contribution in [-0.2, 0) is 0 Å². The van der Waals surface area contributed by atoms with Gasteiger partial charge in [0.2, 0.25) is 0 Å². The first-order valence-electron chi connectivity index (χ1n) is 8.32. The molecule has 116 valence electrons. The molecule has 2 aromatic rings. The third kappa shape index (κ3) is 3.38. The average molecular weight is 296 g/mol. The molecule has 0 spiro atoms. The second kappa shape index (κ2) is 7.25. The lowest BCUT2D eigenvalue weighted by Gasteiger charge is -2.21. The van der Waals surface area contributed by atoms with Gasteiger partial charge in [0, 0.05) is 16.5 Å². The van der Waals surface area contributed by atoms with Gasteiger partial charge in [0.15, 0.2) is 5.82 Å². The number of fused-ring (bicyclic) bond motifs is 1. The Balaban J connectivity index is 1.79. The predicted octanol–water partition coefficient (Wildman–Crippen LogP) is 4.56. The van der Waals surface area contributed by atoms with E-state index in [0.29, 0.717) is 0 Å². The standard InChI is InChI=1S/C18H24N4/c1-2-8-17(14-9-4-3-5-10-14)20-22-18-16-12-7-6-11-15(16)13-19-21-18/h6-7,11-13,20H,2-5,8-10H2,1H3,(H,21,22). The molecule has 0 bridgehead atoms. The molecule has 2 N–H and O–H groups in total. The van der Waals surface area contributed by atoms with Gasteiger partial charge in [-0.2, -0.15) is 5.10 Å². The molecule has 1 aliphatic carbocycles. The van der Waals surface area contributed by atoms with Gasteiger partial charge in [-0.1, -0.05) is 44.0 Å². The van der Waals surface area contributed by atoms with E-state index in [-0.39, 0.29) is 0 Å². The van der Waals surface area contributed by atoms with Crippen LogP contribution in [0.25, 0.3) is 10.8 Å². The van der Waals surface area contributed by atoms with Gasteiger partial charge in [0.05, 0.1) is 6.20 Å². The number of allylic oxidation sites excluding steroid dienone is 2. The molecule has 0 radical (unpaired) electrons. The normalized spacial score (nSPS) is 14.9. The molecule has 0 saturated heterocycles. The summed E-state index contributed by atoms with van der Waals surface area (Å²) in [6.45, 7) is 2.22. The zero-order valence-electron chi connectivity index (χ0n) is 13.2. The topological polar surface area (TPSA) is 49.8 Å². The third-order valence-electron chi connectivity index (χ3n) is 4.29. The lowest BCUT2D eigenvalue weighted by Crippen LogP contribution is -2.24. The van der Waals surface area contributed by atoms with E-state index >= 15 is 0 Å². The Morgan fingerprint density at radius 1 is 1.14 bits per heavy atom. The molecule has 1 heterocycles. The van der Waals surface area contributed by atoms with Crippen LogP contribution in [0.3, 0.4) is 0 Å². The Labute approximate surface area is 132 Å². The summed E-state index contributed by atoms with van der Waals surface area (Å²) < 4.78 is 0. The monoisotopic (exact) mass is 296 g/mol. The van der Waals surface area contributed by atoms with Crippen LogP contribution in [0.15, 0.2) is 41.7 Å². The molecule has 4 nitrogen and oxygen atoms in total. The molecule has 0 unspecified atom stereocenters. The maximum absolute atomic E-state index is 4.24. The lowest BCUT2D eigenvalue weighted by molar-refractivity contribution is 0.580. The van der Waals surface area contributed by atoms with E-state index in [4.69, 9.17) is 0 Å². The smallest absolute Gasteiger partial charge is 0.174 e. The summed E-state index contributed by atoms with van der Waals surface area (Å²) in [5, 5.41) is 10.5. The van der Waals surface area contributed by atoms with E-state index in [9.17, 15) is 0 Å². The number of hydrazine groups is 1. The zero-order valence-corrected chi connectivity index (χ0v) is 13.2. The summed E-state index contributed by atoms with van der Waals surface area (Å²) in [4.78, 5) is 0. The van der Waals surface area contributed by atoms with Gasteiger partial charge in [0.1, 0.15) is 0 Å². The Morgan fingerprint density at radius 3 is 2.77 bits per heavy atom. The van der Waals surface area contributed by atoms with Gasteiger partial charge >= 0.3 is 0 Å². The van der Waals surface area contributed by atoms with Crippen LogP contribution >= 0.6 is 0 Å². The number of nitrogens with one attached hydrogen (secondary N) is 2. The predicted molar refractivity (Wildman–Crippen MR) is 91.3 cm³/mol. The minimum absolute atomic E-state index is 0.795. The fraction of sp³-hybridized carbons (Fsp3) is 0.444. The second-order valence-electron chi connectivity index (χ2n) is 5.92. The van der Waals surface area contributed by atoms with Crippen molar-refractivity contribution in [2.75, 3.05) is 5.43 Å². The fourth-order valence-electron chi connectivity index (χ4n) is 3.11. The van der Waals surface area contributed by atoms with E-state index < -0.39 is 0 Å². The van der Waals surface area contributed by atoms with Crippen LogP contribution < -0.4 is 10.9 Å². The Hall–Kier alpha value is -2.10. The molecule has 1 aliphatic rings. The molecule has 1 saturated carbocycles. The average Bonchev–Trinajstić information content (AvgIpc) is 2.59. The number of hydrogen-bond acceptors (Lipinski definition) is 4. The van der Waals surface area contributed by atoms with Gasteiger partial charge in [-0.15, -0.1) is 5.10 Å². The van der Waals surface area contributed by atoms with Crippen LogP contribution in [0.5, 0.6) is 0 Å². The summed E-state index contributed by atoms with van der Waals surface area (Å²) in [6, 6.07) is 8.18. The molecule has 22 heavy (non-hydrogen) atoms. The highest BCUT2D eigenvalue weighted by atomic mass is 15.4. The van der Waals surface area contributed by atoms with Crippen molar-refractivity contribution in [1.82, 2.24) is 15.6 Å². The van der Waals surface area contributed by atoms with Gasteiger partial charge in [-0.05, 0) is 37.7 Å². The summed E-state index contributed by atoms with van der Waals surface area (Å²) in [7, 11) is 0. The van der Waals surface area contributed by atoms with Crippen LogP contribution in [0.2, 0.25) is 0 Å². The first kappa shape index (κ1) is 14.8. The van der Waals surface area contributed by atoms with Crippen molar-refractivity contribution in [1.29, 1.82) is 0 Å². The van der Waals surface area contributed by atoms with Gasteiger partial charge in [0.25, 0.3) is 0 Å². The quantitative estimate of drug-likeness (QED) is 0.794. The summed E-state index contributed by atoms with van der Waals surface area (Å²) in [6.07, 6.45) is 10.5. The van der Waals surface area contributed by atoms with Gasteiger partial charge < -0.3 is 5.43 Å². The minimum atomic E-state index is 0.795. The molecule has 1 aromatic heterocycles.